The Balaban J connectivity index is 2.10. The van der Waals surface area contributed by atoms with Gasteiger partial charge in [-0.3, -0.25) is 9.89 Å². The quantitative estimate of drug-likeness (QED) is 0.546. The number of nitrogens with one attached hydrogen (secondary N) is 1. The van der Waals surface area contributed by atoms with E-state index in [2.05, 4.69) is 10.2 Å². The van der Waals surface area contributed by atoms with Crippen LogP contribution in [0.2, 0.25) is 0 Å². The largest absolute Gasteiger partial charge is 0.398 e. The molecule has 0 fully saturated rings. The smallest absolute Gasteiger partial charge is 0.195 e. The molecule has 2 aromatic carbocycles. The van der Waals surface area contributed by atoms with Gasteiger partial charge >= 0.3 is 0 Å². The van der Waals surface area contributed by atoms with Crippen molar-refractivity contribution in [2.45, 2.75) is 0 Å². The predicted molar refractivity (Wildman–Crippen MR) is 70.3 cm³/mol. The normalized spacial score (nSPS) is 10.8. The van der Waals surface area contributed by atoms with Gasteiger partial charge in [0, 0.05) is 22.2 Å². The highest BCUT2D eigenvalue weighted by molar-refractivity contribution is 6.13. The minimum Gasteiger partial charge on any atom is -0.398 e. The number of nitrogen functional groups attached to an aromatic ring is 1. The molecule has 19 heavy (non-hydrogen) atoms. The third-order valence-corrected chi connectivity index (χ3v) is 2.96. The van der Waals surface area contributed by atoms with Crippen LogP contribution in [0.4, 0.5) is 10.1 Å². The van der Waals surface area contributed by atoms with E-state index >= 15 is 0 Å². The van der Waals surface area contributed by atoms with Crippen molar-refractivity contribution in [3.8, 4) is 0 Å². The van der Waals surface area contributed by atoms with E-state index < -0.39 is 0 Å². The van der Waals surface area contributed by atoms with Gasteiger partial charge < -0.3 is 5.73 Å². The Hall–Kier alpha value is -2.69. The highest BCUT2D eigenvalue weighted by Gasteiger charge is 2.14. The third-order valence-electron chi connectivity index (χ3n) is 2.96. The maximum Gasteiger partial charge on any atom is 0.195 e. The summed E-state index contributed by atoms with van der Waals surface area (Å²) in [6.07, 6.45) is 1.62. The number of carbonyl (C=O) groups is 1. The van der Waals surface area contributed by atoms with Gasteiger partial charge in [-0.15, -0.1) is 0 Å². The zero-order valence-electron chi connectivity index (χ0n) is 9.85. The van der Waals surface area contributed by atoms with Crippen LogP contribution in [0.1, 0.15) is 15.9 Å². The Morgan fingerprint density at radius 2 is 1.95 bits per heavy atom. The zero-order chi connectivity index (χ0) is 13.4. The molecule has 4 nitrogen and oxygen atoms in total. The number of H-pyrrole nitrogens is 1. The summed E-state index contributed by atoms with van der Waals surface area (Å²) in [7, 11) is 0. The average Bonchev–Trinajstić information content (AvgIpc) is 2.85. The van der Waals surface area contributed by atoms with Crippen molar-refractivity contribution in [2.75, 3.05) is 5.73 Å². The van der Waals surface area contributed by atoms with Crippen LogP contribution in [0.25, 0.3) is 10.9 Å². The van der Waals surface area contributed by atoms with E-state index in [0.29, 0.717) is 16.8 Å². The highest BCUT2D eigenvalue weighted by Crippen LogP contribution is 2.22. The van der Waals surface area contributed by atoms with E-state index in [1.165, 1.54) is 24.3 Å². The first kappa shape index (κ1) is 11.4. The Bertz CT molecular complexity index is 762. The number of hydrogen-bond donors (Lipinski definition) is 2. The van der Waals surface area contributed by atoms with Gasteiger partial charge in [0.05, 0.1) is 11.7 Å². The molecule has 1 aromatic heterocycles. The number of anilines is 1. The van der Waals surface area contributed by atoms with Gasteiger partial charge in [0.15, 0.2) is 5.78 Å². The van der Waals surface area contributed by atoms with Crippen LogP contribution >= 0.6 is 0 Å². The van der Waals surface area contributed by atoms with Crippen LogP contribution in [-0.2, 0) is 0 Å². The van der Waals surface area contributed by atoms with Crippen molar-refractivity contribution in [3.05, 3.63) is 59.5 Å². The van der Waals surface area contributed by atoms with E-state index in [1.54, 1.807) is 18.3 Å². The van der Waals surface area contributed by atoms with Gasteiger partial charge in [-0.05, 0) is 36.4 Å². The van der Waals surface area contributed by atoms with Crippen LogP contribution in [0.15, 0.2) is 42.6 Å². The molecule has 5 heteroatoms. The molecule has 0 saturated carbocycles. The standard InChI is InChI=1S/C14H10FN3O/c15-10-3-1-8(2-4-10)14(19)11-5-9-7-17-18-13(9)6-12(11)16/h1-7H,16H2,(H,17,18). The fourth-order valence-corrected chi connectivity index (χ4v) is 1.96. The maximum atomic E-state index is 12.9. The predicted octanol–water partition coefficient (Wildman–Crippen LogP) is 2.52. The molecule has 0 bridgehead atoms. The molecule has 0 unspecified atom stereocenters. The molecule has 0 aliphatic carbocycles. The summed E-state index contributed by atoms with van der Waals surface area (Å²) in [5.41, 5.74) is 7.80. The lowest BCUT2D eigenvalue weighted by Crippen LogP contribution is -2.05. The number of hydrogen-bond acceptors (Lipinski definition) is 3. The van der Waals surface area contributed by atoms with Crippen LogP contribution in [-0.4, -0.2) is 16.0 Å². The van der Waals surface area contributed by atoms with Crippen molar-refractivity contribution in [1.82, 2.24) is 10.2 Å². The topological polar surface area (TPSA) is 71.8 Å². The molecule has 1 heterocycles. The van der Waals surface area contributed by atoms with Crippen LogP contribution in [0.5, 0.6) is 0 Å². The number of ketones is 1. The minimum absolute atomic E-state index is 0.236. The summed E-state index contributed by atoms with van der Waals surface area (Å²) >= 11 is 0. The second kappa shape index (κ2) is 4.20. The van der Waals surface area contributed by atoms with Crippen molar-refractivity contribution >= 4 is 22.4 Å². The Morgan fingerprint density at radius 1 is 1.21 bits per heavy atom. The second-order valence-corrected chi connectivity index (χ2v) is 4.23. The van der Waals surface area contributed by atoms with Gasteiger partial charge in [0.25, 0.3) is 0 Å². The molecule has 0 radical (unpaired) electrons. The van der Waals surface area contributed by atoms with Crippen LogP contribution in [0.3, 0.4) is 0 Å². The monoisotopic (exact) mass is 255 g/mol. The molecule has 0 atom stereocenters. The van der Waals surface area contributed by atoms with Gasteiger partial charge in [0.1, 0.15) is 5.82 Å². The molecule has 0 amide bonds. The Kier molecular flexibility index (Phi) is 2.52. The molecule has 94 valence electrons. The minimum atomic E-state index is -0.380. The number of benzene rings is 2. The number of fused-ring (bicyclic) bond motifs is 1. The van der Waals surface area contributed by atoms with Crippen molar-refractivity contribution in [2.24, 2.45) is 0 Å². The SMILES string of the molecule is Nc1cc2[nH]ncc2cc1C(=O)c1ccc(F)cc1. The fraction of sp³-hybridized carbons (Fsp3) is 0. The van der Waals surface area contributed by atoms with Gasteiger partial charge in [-0.25, -0.2) is 4.39 Å². The van der Waals surface area contributed by atoms with Crippen LogP contribution < -0.4 is 5.73 Å². The number of halogens is 1. The number of rotatable bonds is 2. The molecule has 3 aromatic rings. The van der Waals surface area contributed by atoms with Gasteiger partial charge in [-0.1, -0.05) is 0 Å². The summed E-state index contributed by atoms with van der Waals surface area (Å²) in [6, 6.07) is 8.73. The van der Waals surface area contributed by atoms with Gasteiger partial charge in [0.2, 0.25) is 0 Å². The first-order valence-electron chi connectivity index (χ1n) is 5.68. The van der Waals surface area contributed by atoms with E-state index in [0.717, 1.165) is 10.9 Å². The first-order valence-corrected chi connectivity index (χ1v) is 5.68. The van der Waals surface area contributed by atoms with Gasteiger partial charge in [-0.2, -0.15) is 5.10 Å². The summed E-state index contributed by atoms with van der Waals surface area (Å²) in [5.74, 6) is -0.615. The summed E-state index contributed by atoms with van der Waals surface area (Å²) in [4.78, 5) is 12.3. The summed E-state index contributed by atoms with van der Waals surface area (Å²) < 4.78 is 12.9. The fourth-order valence-electron chi connectivity index (χ4n) is 1.96. The summed E-state index contributed by atoms with van der Waals surface area (Å²) in [6.45, 7) is 0. The summed E-state index contributed by atoms with van der Waals surface area (Å²) in [5, 5.41) is 7.47. The zero-order valence-corrected chi connectivity index (χ0v) is 9.85. The van der Waals surface area contributed by atoms with Crippen molar-refractivity contribution in [1.29, 1.82) is 0 Å². The Labute approximate surface area is 108 Å². The van der Waals surface area contributed by atoms with Crippen molar-refractivity contribution < 1.29 is 9.18 Å². The number of aromatic nitrogens is 2. The lowest BCUT2D eigenvalue weighted by molar-refractivity contribution is 0.103. The third kappa shape index (κ3) is 1.95. The second-order valence-electron chi connectivity index (χ2n) is 4.23. The molecule has 0 spiro atoms. The molecule has 0 aliphatic rings. The molecular formula is C14H10FN3O. The molecule has 0 aliphatic heterocycles. The Morgan fingerprint density at radius 3 is 2.68 bits per heavy atom. The van der Waals surface area contributed by atoms with E-state index in [4.69, 9.17) is 5.73 Å². The molecular weight excluding hydrogens is 245 g/mol. The lowest BCUT2D eigenvalue weighted by Gasteiger charge is -2.05. The molecule has 3 N–H and O–H groups in total. The average molecular weight is 255 g/mol. The number of aromatic amines is 1. The van der Waals surface area contributed by atoms with E-state index in [1.807, 2.05) is 0 Å². The number of carbonyl (C=O) groups excluding carboxylic acids is 1. The van der Waals surface area contributed by atoms with E-state index in [-0.39, 0.29) is 11.6 Å². The number of nitrogens with zero attached hydrogens (tertiary/aromatic N) is 1. The van der Waals surface area contributed by atoms with Crippen molar-refractivity contribution in [3.63, 3.8) is 0 Å². The van der Waals surface area contributed by atoms with E-state index in [9.17, 15) is 9.18 Å². The first-order chi connectivity index (χ1) is 9.15. The lowest BCUT2D eigenvalue weighted by atomic mass is 10.0. The highest BCUT2D eigenvalue weighted by atomic mass is 19.1. The maximum absolute atomic E-state index is 12.9. The van der Waals surface area contributed by atoms with Crippen LogP contribution in [0, 0.1) is 5.82 Å². The molecule has 3 rings (SSSR count). The molecule has 0 saturated heterocycles. The number of nitrogens with two attached hydrogens (primary N) is 1.